The van der Waals surface area contributed by atoms with Crippen LogP contribution in [0, 0.1) is 0 Å². The Morgan fingerprint density at radius 3 is 2.65 bits per heavy atom. The molecule has 1 aromatic carbocycles. The predicted molar refractivity (Wildman–Crippen MR) is 89.6 cm³/mol. The molecule has 1 heterocycles. The van der Waals surface area contributed by atoms with E-state index in [1.807, 2.05) is 25.1 Å². The van der Waals surface area contributed by atoms with Gasteiger partial charge in [0.05, 0.1) is 24.5 Å². The van der Waals surface area contributed by atoms with Gasteiger partial charge in [0.2, 0.25) is 0 Å². The number of carbonyl (C=O) groups excluding carboxylic acids is 1. The lowest BCUT2D eigenvalue weighted by Gasteiger charge is -2.14. The van der Waals surface area contributed by atoms with Gasteiger partial charge in [-0.05, 0) is 30.7 Å². The fourth-order valence-electron chi connectivity index (χ4n) is 1.90. The Bertz CT molecular complexity index is 598. The third kappa shape index (κ3) is 5.60. The highest BCUT2D eigenvalue weighted by Gasteiger charge is 2.06. The first-order valence-electron chi connectivity index (χ1n) is 7.52. The number of aliphatic hydroxyl groups is 1. The minimum atomic E-state index is -0.252. The van der Waals surface area contributed by atoms with Gasteiger partial charge in [0.25, 0.3) is 5.91 Å². The van der Waals surface area contributed by atoms with Crippen molar-refractivity contribution in [1.82, 2.24) is 4.98 Å². The molecule has 0 spiro atoms. The third-order valence-corrected chi connectivity index (χ3v) is 3.23. The number of nitrogens with one attached hydrogen (secondary N) is 2. The van der Waals surface area contributed by atoms with E-state index in [0.717, 1.165) is 6.42 Å². The summed E-state index contributed by atoms with van der Waals surface area (Å²) in [7, 11) is 0. The first kappa shape index (κ1) is 16.8. The third-order valence-electron chi connectivity index (χ3n) is 3.23. The molecule has 122 valence electrons. The SMILES string of the molecule is CCC(CO)Nc1ccc(NC(=O)COc2ccccc2)cn1. The molecule has 2 rings (SSSR count). The van der Waals surface area contributed by atoms with Crippen LogP contribution in [0.1, 0.15) is 13.3 Å². The van der Waals surface area contributed by atoms with E-state index in [1.54, 1.807) is 30.5 Å². The highest BCUT2D eigenvalue weighted by molar-refractivity contribution is 5.91. The quantitative estimate of drug-likeness (QED) is 0.696. The molecule has 0 aliphatic rings. The monoisotopic (exact) mass is 315 g/mol. The number of ether oxygens (including phenoxy) is 1. The van der Waals surface area contributed by atoms with E-state index >= 15 is 0 Å². The largest absolute Gasteiger partial charge is 0.484 e. The molecule has 0 aliphatic carbocycles. The number of carbonyl (C=O) groups is 1. The van der Waals surface area contributed by atoms with E-state index in [1.165, 1.54) is 0 Å². The summed E-state index contributed by atoms with van der Waals surface area (Å²) in [6, 6.07) is 12.6. The van der Waals surface area contributed by atoms with Gasteiger partial charge in [-0.25, -0.2) is 4.98 Å². The zero-order valence-electron chi connectivity index (χ0n) is 13.0. The predicted octanol–water partition coefficient (Wildman–Crippen LogP) is 2.28. The van der Waals surface area contributed by atoms with Crippen molar-refractivity contribution in [1.29, 1.82) is 0 Å². The maximum Gasteiger partial charge on any atom is 0.262 e. The Morgan fingerprint density at radius 2 is 2.04 bits per heavy atom. The fourth-order valence-corrected chi connectivity index (χ4v) is 1.90. The van der Waals surface area contributed by atoms with Crippen LogP contribution in [0.3, 0.4) is 0 Å². The van der Waals surface area contributed by atoms with Crippen LogP contribution in [-0.2, 0) is 4.79 Å². The summed E-state index contributed by atoms with van der Waals surface area (Å²) in [5, 5.41) is 15.0. The number of amides is 1. The second kappa shape index (κ2) is 8.75. The summed E-state index contributed by atoms with van der Waals surface area (Å²) in [4.78, 5) is 16.0. The second-order valence-corrected chi connectivity index (χ2v) is 5.01. The van der Waals surface area contributed by atoms with Gasteiger partial charge in [-0.1, -0.05) is 25.1 Å². The normalized spacial score (nSPS) is 11.6. The van der Waals surface area contributed by atoms with Crippen molar-refractivity contribution in [2.75, 3.05) is 23.8 Å². The minimum Gasteiger partial charge on any atom is -0.484 e. The molecule has 2 aromatic rings. The zero-order chi connectivity index (χ0) is 16.5. The maximum atomic E-state index is 11.8. The van der Waals surface area contributed by atoms with E-state index < -0.39 is 0 Å². The number of aliphatic hydroxyl groups excluding tert-OH is 1. The van der Waals surface area contributed by atoms with Gasteiger partial charge >= 0.3 is 0 Å². The smallest absolute Gasteiger partial charge is 0.262 e. The number of pyridine rings is 1. The summed E-state index contributed by atoms with van der Waals surface area (Å²) in [6.07, 6.45) is 2.36. The average Bonchev–Trinajstić information content (AvgIpc) is 2.60. The number of aromatic nitrogens is 1. The standard InChI is InChI=1S/C17H21N3O3/c1-2-13(11-21)19-16-9-8-14(10-18-16)20-17(22)12-23-15-6-4-3-5-7-15/h3-10,13,21H,2,11-12H2,1H3,(H,18,19)(H,20,22). The van der Waals surface area contributed by atoms with Crippen molar-refractivity contribution >= 4 is 17.4 Å². The molecule has 1 amide bonds. The van der Waals surface area contributed by atoms with E-state index in [9.17, 15) is 4.79 Å². The first-order valence-corrected chi connectivity index (χ1v) is 7.52. The fraction of sp³-hybridized carbons (Fsp3) is 0.294. The topological polar surface area (TPSA) is 83.5 Å². The molecule has 0 saturated heterocycles. The lowest BCUT2D eigenvalue weighted by molar-refractivity contribution is -0.118. The lowest BCUT2D eigenvalue weighted by Crippen LogP contribution is -2.23. The molecule has 6 nitrogen and oxygen atoms in total. The van der Waals surface area contributed by atoms with E-state index in [2.05, 4.69) is 15.6 Å². The highest BCUT2D eigenvalue weighted by atomic mass is 16.5. The van der Waals surface area contributed by atoms with Crippen molar-refractivity contribution in [2.45, 2.75) is 19.4 Å². The van der Waals surface area contributed by atoms with Crippen molar-refractivity contribution in [2.24, 2.45) is 0 Å². The molecule has 1 atom stereocenters. The summed E-state index contributed by atoms with van der Waals surface area (Å²) >= 11 is 0. The molecule has 23 heavy (non-hydrogen) atoms. The summed E-state index contributed by atoms with van der Waals surface area (Å²) < 4.78 is 5.37. The van der Waals surface area contributed by atoms with Gasteiger partial charge < -0.3 is 20.5 Å². The number of rotatable bonds is 8. The molecule has 0 fully saturated rings. The molecule has 0 saturated carbocycles. The molecular weight excluding hydrogens is 294 g/mol. The maximum absolute atomic E-state index is 11.8. The van der Waals surface area contributed by atoms with E-state index in [4.69, 9.17) is 9.84 Å². The molecular formula is C17H21N3O3. The Labute approximate surface area is 135 Å². The van der Waals surface area contributed by atoms with Crippen molar-refractivity contribution in [3.8, 4) is 5.75 Å². The average molecular weight is 315 g/mol. The summed E-state index contributed by atoms with van der Waals surface area (Å²) in [5.74, 6) is 1.05. The van der Waals surface area contributed by atoms with Gasteiger partial charge in [0.1, 0.15) is 11.6 Å². The molecule has 1 unspecified atom stereocenters. The van der Waals surface area contributed by atoms with Gasteiger partial charge in [-0.3, -0.25) is 4.79 Å². The summed E-state index contributed by atoms with van der Waals surface area (Å²) in [5.41, 5.74) is 0.592. The molecule has 0 radical (unpaired) electrons. The van der Waals surface area contributed by atoms with Gasteiger partial charge in [-0.2, -0.15) is 0 Å². The Balaban J connectivity index is 1.82. The number of nitrogens with zero attached hydrogens (tertiary/aromatic N) is 1. The van der Waals surface area contributed by atoms with E-state index in [0.29, 0.717) is 17.3 Å². The Hall–Kier alpha value is -2.60. The van der Waals surface area contributed by atoms with Crippen LogP contribution in [0.15, 0.2) is 48.7 Å². The van der Waals surface area contributed by atoms with Gasteiger partial charge in [0.15, 0.2) is 6.61 Å². The van der Waals surface area contributed by atoms with Crippen molar-refractivity contribution < 1.29 is 14.6 Å². The summed E-state index contributed by atoms with van der Waals surface area (Å²) in [6.45, 7) is 1.97. The number of benzene rings is 1. The van der Waals surface area contributed by atoms with E-state index in [-0.39, 0.29) is 25.2 Å². The first-order chi connectivity index (χ1) is 11.2. The number of anilines is 2. The highest BCUT2D eigenvalue weighted by Crippen LogP contribution is 2.12. The van der Waals surface area contributed by atoms with Crippen molar-refractivity contribution in [3.63, 3.8) is 0 Å². The van der Waals surface area contributed by atoms with Crippen LogP contribution >= 0.6 is 0 Å². The molecule has 6 heteroatoms. The van der Waals surface area contributed by atoms with Crippen LogP contribution in [0.4, 0.5) is 11.5 Å². The van der Waals surface area contributed by atoms with Gasteiger partial charge in [0, 0.05) is 0 Å². The molecule has 0 aliphatic heterocycles. The number of para-hydroxylation sites is 1. The van der Waals surface area contributed by atoms with Crippen LogP contribution in [0.5, 0.6) is 5.75 Å². The lowest BCUT2D eigenvalue weighted by atomic mass is 10.2. The number of hydrogen-bond acceptors (Lipinski definition) is 5. The minimum absolute atomic E-state index is 0.0257. The van der Waals surface area contributed by atoms with Crippen LogP contribution < -0.4 is 15.4 Å². The Kier molecular flexibility index (Phi) is 6.38. The van der Waals surface area contributed by atoms with Crippen LogP contribution in [-0.4, -0.2) is 35.3 Å². The van der Waals surface area contributed by atoms with Gasteiger partial charge in [-0.15, -0.1) is 0 Å². The van der Waals surface area contributed by atoms with Crippen LogP contribution in [0.25, 0.3) is 0 Å². The second-order valence-electron chi connectivity index (χ2n) is 5.01. The number of hydrogen-bond donors (Lipinski definition) is 3. The molecule has 0 bridgehead atoms. The van der Waals surface area contributed by atoms with Crippen molar-refractivity contribution in [3.05, 3.63) is 48.7 Å². The zero-order valence-corrected chi connectivity index (χ0v) is 13.0. The molecule has 3 N–H and O–H groups in total. The molecule has 1 aromatic heterocycles. The van der Waals surface area contributed by atoms with Crippen LogP contribution in [0.2, 0.25) is 0 Å². The Morgan fingerprint density at radius 1 is 1.26 bits per heavy atom.